The average Bonchev–Trinajstić information content (AvgIpc) is 2.16. The fraction of sp³-hybridized carbons (Fsp3) is 0.867. The van der Waals surface area contributed by atoms with E-state index in [2.05, 4.69) is 33.8 Å². The molecule has 0 radical (unpaired) electrons. The molecule has 16 heavy (non-hydrogen) atoms. The van der Waals surface area contributed by atoms with Crippen molar-refractivity contribution in [3.05, 3.63) is 11.6 Å². The highest BCUT2D eigenvalue weighted by molar-refractivity contribution is 5.11. The van der Waals surface area contributed by atoms with E-state index in [4.69, 9.17) is 0 Å². The third-order valence-electron chi connectivity index (χ3n) is 4.98. The lowest BCUT2D eigenvalue weighted by molar-refractivity contribution is -0.0890. The summed E-state index contributed by atoms with van der Waals surface area (Å²) in [5.41, 5.74) is 1.11. The summed E-state index contributed by atoms with van der Waals surface area (Å²) in [4.78, 5) is 0. The van der Waals surface area contributed by atoms with Gasteiger partial charge in [0, 0.05) is 0 Å². The first kappa shape index (κ1) is 12.2. The quantitative estimate of drug-likeness (QED) is 0.669. The second-order valence-corrected chi connectivity index (χ2v) is 6.56. The molecule has 2 aliphatic carbocycles. The molecule has 1 N–H and O–H groups in total. The molecule has 1 heteroatoms. The predicted octanol–water partition coefficient (Wildman–Crippen LogP) is 3.78. The Morgan fingerprint density at radius 1 is 1.44 bits per heavy atom. The number of fused-ring (bicyclic) bond motifs is 1. The highest BCUT2D eigenvalue weighted by Crippen LogP contribution is 2.50. The molecule has 4 atom stereocenters. The van der Waals surface area contributed by atoms with Gasteiger partial charge in [0.2, 0.25) is 0 Å². The van der Waals surface area contributed by atoms with Crippen LogP contribution in [0.5, 0.6) is 0 Å². The molecule has 0 spiro atoms. The van der Waals surface area contributed by atoms with E-state index in [-0.39, 0.29) is 0 Å². The van der Waals surface area contributed by atoms with E-state index in [1.165, 1.54) is 18.4 Å². The zero-order valence-corrected chi connectivity index (χ0v) is 11.2. The summed E-state index contributed by atoms with van der Waals surface area (Å²) in [5, 5.41) is 10.5. The van der Waals surface area contributed by atoms with Gasteiger partial charge in [-0.05, 0) is 63.2 Å². The zero-order valence-electron chi connectivity index (χ0n) is 11.2. The maximum Gasteiger partial charge on any atom is 0.0653 e. The van der Waals surface area contributed by atoms with Crippen molar-refractivity contribution >= 4 is 0 Å². The molecule has 0 aliphatic heterocycles. The Balaban J connectivity index is 2.24. The summed E-state index contributed by atoms with van der Waals surface area (Å²) in [5.74, 6) is 2.79. The molecule has 1 nitrogen and oxygen atoms in total. The van der Waals surface area contributed by atoms with E-state index in [0.29, 0.717) is 11.8 Å². The van der Waals surface area contributed by atoms with Crippen LogP contribution in [0.4, 0.5) is 0 Å². The Morgan fingerprint density at radius 3 is 2.75 bits per heavy atom. The fourth-order valence-electron chi connectivity index (χ4n) is 3.95. The molecule has 2 aliphatic rings. The van der Waals surface area contributed by atoms with Crippen molar-refractivity contribution in [2.75, 3.05) is 0 Å². The highest BCUT2D eigenvalue weighted by atomic mass is 16.3. The normalized spacial score (nSPS) is 44.1. The molecule has 0 bridgehead atoms. The van der Waals surface area contributed by atoms with Crippen LogP contribution < -0.4 is 0 Å². The smallest absolute Gasteiger partial charge is 0.0653 e. The minimum absolute atomic E-state index is 0.423. The van der Waals surface area contributed by atoms with Gasteiger partial charge in [-0.2, -0.15) is 0 Å². The predicted molar refractivity (Wildman–Crippen MR) is 68.2 cm³/mol. The van der Waals surface area contributed by atoms with Crippen LogP contribution in [0.25, 0.3) is 0 Å². The van der Waals surface area contributed by atoms with Gasteiger partial charge in [0.15, 0.2) is 0 Å². The number of hydrogen-bond donors (Lipinski definition) is 1. The van der Waals surface area contributed by atoms with Crippen LogP contribution in [-0.4, -0.2) is 10.7 Å². The van der Waals surface area contributed by atoms with Gasteiger partial charge in [0.1, 0.15) is 0 Å². The van der Waals surface area contributed by atoms with Gasteiger partial charge in [0.05, 0.1) is 5.60 Å². The van der Waals surface area contributed by atoms with Crippen molar-refractivity contribution < 1.29 is 5.11 Å². The van der Waals surface area contributed by atoms with Crippen LogP contribution in [0.15, 0.2) is 11.6 Å². The van der Waals surface area contributed by atoms with E-state index < -0.39 is 5.60 Å². The van der Waals surface area contributed by atoms with Gasteiger partial charge in [-0.25, -0.2) is 0 Å². The summed E-state index contributed by atoms with van der Waals surface area (Å²) in [6.45, 7) is 8.98. The van der Waals surface area contributed by atoms with E-state index in [0.717, 1.165) is 24.7 Å². The van der Waals surface area contributed by atoms with Gasteiger partial charge in [-0.1, -0.05) is 25.5 Å². The lowest BCUT2D eigenvalue weighted by Crippen LogP contribution is -2.48. The summed E-state index contributed by atoms with van der Waals surface area (Å²) in [7, 11) is 0. The molecule has 92 valence electrons. The Labute approximate surface area is 99.9 Å². The third kappa shape index (κ3) is 2.07. The van der Waals surface area contributed by atoms with Crippen molar-refractivity contribution in [1.29, 1.82) is 0 Å². The first-order valence-corrected chi connectivity index (χ1v) is 6.80. The second-order valence-electron chi connectivity index (χ2n) is 6.56. The summed E-state index contributed by atoms with van der Waals surface area (Å²) in [6.07, 6.45) is 6.84. The maximum absolute atomic E-state index is 10.5. The van der Waals surface area contributed by atoms with Crippen LogP contribution in [0.1, 0.15) is 53.4 Å². The molecule has 2 rings (SSSR count). The van der Waals surface area contributed by atoms with Gasteiger partial charge in [0.25, 0.3) is 0 Å². The molecule has 1 fully saturated rings. The molecule has 0 amide bonds. The molecule has 0 saturated heterocycles. The Bertz CT molecular complexity index is 288. The maximum atomic E-state index is 10.5. The van der Waals surface area contributed by atoms with Gasteiger partial charge >= 0.3 is 0 Å². The van der Waals surface area contributed by atoms with E-state index in [1.807, 2.05) is 0 Å². The lowest BCUT2D eigenvalue weighted by Gasteiger charge is -2.50. The van der Waals surface area contributed by atoms with Crippen molar-refractivity contribution in [2.45, 2.75) is 59.0 Å². The van der Waals surface area contributed by atoms with Gasteiger partial charge in [-0.15, -0.1) is 0 Å². The standard InChI is InChI=1S/C15H26O/c1-10(2)12-7-8-15(4,16)14-6-5-11(3)9-13(12)14/h5,10,12-14,16H,6-9H2,1-4H3. The Morgan fingerprint density at radius 2 is 2.12 bits per heavy atom. The molecular formula is C15H26O. The number of rotatable bonds is 1. The van der Waals surface area contributed by atoms with Gasteiger partial charge < -0.3 is 5.11 Å². The van der Waals surface area contributed by atoms with Crippen molar-refractivity contribution in [2.24, 2.45) is 23.7 Å². The summed E-state index contributed by atoms with van der Waals surface area (Å²) < 4.78 is 0. The minimum atomic E-state index is -0.423. The molecular weight excluding hydrogens is 196 g/mol. The van der Waals surface area contributed by atoms with Crippen LogP contribution >= 0.6 is 0 Å². The van der Waals surface area contributed by atoms with Crippen LogP contribution in [0, 0.1) is 23.7 Å². The first-order chi connectivity index (χ1) is 7.42. The van der Waals surface area contributed by atoms with Crippen molar-refractivity contribution in [1.82, 2.24) is 0 Å². The largest absolute Gasteiger partial charge is 0.390 e. The van der Waals surface area contributed by atoms with Crippen molar-refractivity contribution in [3.63, 3.8) is 0 Å². The number of aliphatic hydroxyl groups is 1. The second kappa shape index (κ2) is 4.18. The van der Waals surface area contributed by atoms with E-state index >= 15 is 0 Å². The first-order valence-electron chi connectivity index (χ1n) is 6.80. The molecule has 0 aromatic heterocycles. The van der Waals surface area contributed by atoms with Gasteiger partial charge in [-0.3, -0.25) is 0 Å². The minimum Gasteiger partial charge on any atom is -0.390 e. The molecule has 0 aromatic carbocycles. The molecule has 0 heterocycles. The van der Waals surface area contributed by atoms with E-state index in [9.17, 15) is 5.11 Å². The Hall–Kier alpha value is -0.300. The topological polar surface area (TPSA) is 20.2 Å². The van der Waals surface area contributed by atoms with E-state index in [1.54, 1.807) is 0 Å². The summed E-state index contributed by atoms with van der Waals surface area (Å²) in [6, 6.07) is 0. The fourth-order valence-corrected chi connectivity index (χ4v) is 3.95. The monoisotopic (exact) mass is 222 g/mol. The molecule has 1 saturated carbocycles. The SMILES string of the molecule is CC1=CCC2C(C1)C(C(C)C)CCC2(C)O. The van der Waals surface area contributed by atoms with Crippen LogP contribution in [0.3, 0.4) is 0 Å². The van der Waals surface area contributed by atoms with Crippen LogP contribution in [0.2, 0.25) is 0 Å². The number of hydrogen-bond acceptors (Lipinski definition) is 1. The zero-order chi connectivity index (χ0) is 11.9. The third-order valence-corrected chi connectivity index (χ3v) is 4.98. The average molecular weight is 222 g/mol. The lowest BCUT2D eigenvalue weighted by atomic mass is 9.58. The Kier molecular flexibility index (Phi) is 3.18. The number of allylic oxidation sites excluding steroid dienone is 2. The van der Waals surface area contributed by atoms with Crippen LogP contribution in [-0.2, 0) is 0 Å². The summed E-state index contributed by atoms with van der Waals surface area (Å²) >= 11 is 0. The highest BCUT2D eigenvalue weighted by Gasteiger charge is 2.46. The molecule has 0 aromatic rings. The van der Waals surface area contributed by atoms with Crippen molar-refractivity contribution in [3.8, 4) is 0 Å². The molecule has 4 unspecified atom stereocenters.